The van der Waals surface area contributed by atoms with Crippen LogP contribution in [0.1, 0.15) is 50.5 Å². The van der Waals surface area contributed by atoms with Gasteiger partial charge in [0, 0.05) is 38.1 Å². The van der Waals surface area contributed by atoms with Crippen molar-refractivity contribution in [2.45, 2.75) is 63.6 Å². The number of benzene rings is 1. The molecule has 2 unspecified atom stereocenters. The van der Waals surface area contributed by atoms with Crippen LogP contribution in [0.25, 0.3) is 0 Å². The van der Waals surface area contributed by atoms with E-state index in [1.807, 2.05) is 35.2 Å². The van der Waals surface area contributed by atoms with Gasteiger partial charge in [-0.2, -0.15) is 0 Å². The number of ether oxygens (including phenoxy) is 2. The number of amides is 1. The van der Waals surface area contributed by atoms with E-state index in [2.05, 4.69) is 0 Å². The molecule has 0 aromatic heterocycles. The first kappa shape index (κ1) is 18.9. The van der Waals surface area contributed by atoms with E-state index in [1.54, 1.807) is 7.11 Å². The molecule has 5 heteroatoms. The van der Waals surface area contributed by atoms with E-state index >= 15 is 0 Å². The maximum Gasteiger partial charge on any atom is 0.410 e. The van der Waals surface area contributed by atoms with Crippen molar-refractivity contribution in [2.75, 3.05) is 13.7 Å². The van der Waals surface area contributed by atoms with Gasteiger partial charge in [-0.3, -0.25) is 4.79 Å². The summed E-state index contributed by atoms with van der Waals surface area (Å²) in [5, 5.41) is 0. The van der Waals surface area contributed by atoms with E-state index in [0.717, 1.165) is 44.1 Å². The van der Waals surface area contributed by atoms with Crippen LogP contribution in [0.3, 0.4) is 0 Å². The third-order valence-electron chi connectivity index (χ3n) is 5.62. The molecule has 1 aromatic carbocycles. The van der Waals surface area contributed by atoms with E-state index < -0.39 is 0 Å². The maximum absolute atomic E-state index is 12.7. The molecule has 26 heavy (non-hydrogen) atoms. The fourth-order valence-electron chi connectivity index (χ4n) is 4.33. The van der Waals surface area contributed by atoms with Crippen LogP contribution in [0.5, 0.6) is 0 Å². The van der Waals surface area contributed by atoms with Crippen LogP contribution in [0.2, 0.25) is 0 Å². The summed E-state index contributed by atoms with van der Waals surface area (Å²) in [5.74, 6) is 0.414. The third-order valence-corrected chi connectivity index (χ3v) is 5.62. The van der Waals surface area contributed by atoms with Crippen LogP contribution < -0.4 is 0 Å². The number of ketones is 1. The molecule has 2 saturated heterocycles. The average Bonchev–Trinajstić information content (AvgIpc) is 2.66. The van der Waals surface area contributed by atoms with Gasteiger partial charge in [-0.25, -0.2) is 4.79 Å². The summed E-state index contributed by atoms with van der Waals surface area (Å²) in [7, 11) is 1.66. The number of hydrogen-bond donors (Lipinski definition) is 0. The molecule has 2 aliphatic heterocycles. The monoisotopic (exact) mass is 359 g/mol. The van der Waals surface area contributed by atoms with Gasteiger partial charge in [0.1, 0.15) is 12.4 Å². The lowest BCUT2D eigenvalue weighted by atomic mass is 9.76. The minimum Gasteiger partial charge on any atom is -0.445 e. The van der Waals surface area contributed by atoms with E-state index in [0.29, 0.717) is 25.4 Å². The second kappa shape index (κ2) is 9.17. The fraction of sp³-hybridized carbons (Fsp3) is 0.619. The largest absolute Gasteiger partial charge is 0.445 e. The highest BCUT2D eigenvalue weighted by molar-refractivity contribution is 5.81. The van der Waals surface area contributed by atoms with Crippen molar-refractivity contribution in [3.8, 4) is 0 Å². The zero-order valence-corrected chi connectivity index (χ0v) is 15.6. The third kappa shape index (κ3) is 4.64. The van der Waals surface area contributed by atoms with Crippen LogP contribution >= 0.6 is 0 Å². The summed E-state index contributed by atoms with van der Waals surface area (Å²) in [6, 6.07) is 10.0. The Hall–Kier alpha value is -1.88. The Labute approximate surface area is 155 Å². The quantitative estimate of drug-likeness (QED) is 0.692. The molecule has 3 rings (SSSR count). The lowest BCUT2D eigenvalue weighted by Crippen LogP contribution is -2.55. The Kier molecular flexibility index (Phi) is 6.67. The zero-order valence-electron chi connectivity index (χ0n) is 15.6. The molecule has 0 radical (unpaired) electrons. The molecule has 1 amide bonds. The van der Waals surface area contributed by atoms with Crippen LogP contribution in [-0.2, 0) is 20.9 Å². The summed E-state index contributed by atoms with van der Waals surface area (Å²) in [5.41, 5.74) is 0.995. The molecule has 2 fully saturated rings. The van der Waals surface area contributed by atoms with E-state index in [4.69, 9.17) is 9.47 Å². The number of nitrogens with zero attached hydrogens (tertiary/aromatic N) is 1. The number of hydrogen-bond acceptors (Lipinski definition) is 4. The van der Waals surface area contributed by atoms with Gasteiger partial charge >= 0.3 is 6.09 Å². The molecular weight excluding hydrogens is 330 g/mol. The molecule has 5 nitrogen and oxygen atoms in total. The van der Waals surface area contributed by atoms with Crippen molar-refractivity contribution in [1.29, 1.82) is 0 Å². The molecule has 2 heterocycles. The second-order valence-corrected chi connectivity index (χ2v) is 7.42. The first-order valence-corrected chi connectivity index (χ1v) is 9.69. The molecule has 0 spiro atoms. The van der Waals surface area contributed by atoms with Gasteiger partial charge in [0.15, 0.2) is 0 Å². The maximum atomic E-state index is 12.7. The van der Waals surface area contributed by atoms with Crippen LogP contribution in [-0.4, -0.2) is 42.6 Å². The molecule has 2 atom stereocenters. The Morgan fingerprint density at radius 3 is 2.46 bits per heavy atom. The number of piperidine rings is 2. The van der Waals surface area contributed by atoms with Crippen LogP contribution in [0.4, 0.5) is 4.79 Å². The lowest BCUT2D eigenvalue weighted by molar-refractivity contribution is -0.127. The molecule has 0 saturated carbocycles. The van der Waals surface area contributed by atoms with Crippen molar-refractivity contribution < 1.29 is 19.1 Å². The van der Waals surface area contributed by atoms with Crippen molar-refractivity contribution in [1.82, 2.24) is 4.90 Å². The summed E-state index contributed by atoms with van der Waals surface area (Å²) in [6.45, 7) is 0.929. The topological polar surface area (TPSA) is 55.8 Å². The van der Waals surface area contributed by atoms with Gasteiger partial charge in [0.05, 0.1) is 0 Å². The van der Waals surface area contributed by atoms with Gasteiger partial charge in [0.2, 0.25) is 0 Å². The van der Waals surface area contributed by atoms with E-state index in [1.165, 1.54) is 0 Å². The van der Waals surface area contributed by atoms with Gasteiger partial charge < -0.3 is 14.4 Å². The Bertz CT molecular complexity index is 589. The van der Waals surface area contributed by atoms with Gasteiger partial charge in [-0.1, -0.05) is 30.3 Å². The highest BCUT2D eigenvalue weighted by Gasteiger charge is 2.43. The van der Waals surface area contributed by atoms with Gasteiger partial charge in [-0.15, -0.1) is 0 Å². The molecule has 2 aliphatic rings. The summed E-state index contributed by atoms with van der Waals surface area (Å²) >= 11 is 0. The number of fused-ring (bicyclic) bond motifs is 2. The molecular formula is C21H29NO4. The Morgan fingerprint density at radius 2 is 1.81 bits per heavy atom. The van der Waals surface area contributed by atoms with Crippen LogP contribution in [0, 0.1) is 5.92 Å². The highest BCUT2D eigenvalue weighted by Crippen LogP contribution is 2.38. The van der Waals surface area contributed by atoms with Crippen molar-refractivity contribution in [3.63, 3.8) is 0 Å². The first-order chi connectivity index (χ1) is 12.7. The van der Waals surface area contributed by atoms with Crippen molar-refractivity contribution in [2.24, 2.45) is 5.92 Å². The highest BCUT2D eigenvalue weighted by atomic mass is 16.6. The Morgan fingerprint density at radius 1 is 1.12 bits per heavy atom. The zero-order chi connectivity index (χ0) is 18.4. The number of carbonyl (C=O) groups is 2. The summed E-state index contributed by atoms with van der Waals surface area (Å²) < 4.78 is 10.6. The predicted octanol–water partition coefficient (Wildman–Crippen LogP) is 3.95. The normalized spacial score (nSPS) is 25.0. The standard InChI is InChI=1S/C21H29NO4/c1-25-12-6-11-20(23)17-13-18-9-5-10-19(14-17)22(18)21(24)26-15-16-7-3-2-4-8-16/h2-4,7-8,17-19H,5-6,9-15H2,1H3. The number of carbonyl (C=O) groups excluding carboxylic acids is 2. The van der Waals surface area contributed by atoms with E-state index in [9.17, 15) is 9.59 Å². The number of methoxy groups -OCH3 is 1. The van der Waals surface area contributed by atoms with Gasteiger partial charge in [0.25, 0.3) is 0 Å². The smallest absolute Gasteiger partial charge is 0.410 e. The molecule has 2 bridgehead atoms. The van der Waals surface area contributed by atoms with Crippen LogP contribution in [0.15, 0.2) is 30.3 Å². The minimum absolute atomic E-state index is 0.0836. The SMILES string of the molecule is COCCCC(=O)C1CC2CCCC(C1)N2C(=O)OCc1ccccc1. The van der Waals surface area contributed by atoms with E-state index in [-0.39, 0.29) is 24.1 Å². The van der Waals surface area contributed by atoms with Crippen molar-refractivity contribution >= 4 is 11.9 Å². The fourth-order valence-corrected chi connectivity index (χ4v) is 4.33. The molecule has 0 N–H and O–H groups in total. The molecule has 142 valence electrons. The Balaban J connectivity index is 1.56. The lowest BCUT2D eigenvalue weighted by Gasteiger charge is -2.47. The summed E-state index contributed by atoms with van der Waals surface area (Å²) in [4.78, 5) is 27.1. The van der Waals surface area contributed by atoms with Gasteiger partial charge in [-0.05, 0) is 44.1 Å². The second-order valence-electron chi connectivity index (χ2n) is 7.42. The van der Waals surface area contributed by atoms with Crippen molar-refractivity contribution in [3.05, 3.63) is 35.9 Å². The average molecular weight is 359 g/mol. The molecule has 0 aliphatic carbocycles. The number of rotatable bonds is 7. The number of Topliss-reactive ketones (excluding diaryl/α,β-unsaturated/α-hetero) is 1. The first-order valence-electron chi connectivity index (χ1n) is 9.69. The predicted molar refractivity (Wildman–Crippen MR) is 98.7 cm³/mol. The minimum atomic E-state index is -0.228. The molecule has 1 aromatic rings. The summed E-state index contributed by atoms with van der Waals surface area (Å²) in [6.07, 6.45) is 5.76.